The number of sulfonamides is 1. The van der Waals surface area contributed by atoms with Gasteiger partial charge in [0.25, 0.3) is 5.91 Å². The van der Waals surface area contributed by atoms with Crippen molar-refractivity contribution in [2.24, 2.45) is 0 Å². The minimum absolute atomic E-state index is 0.0115. The molecule has 1 unspecified atom stereocenters. The molecule has 162 valence electrons. The van der Waals surface area contributed by atoms with Crippen molar-refractivity contribution in [1.82, 2.24) is 10.0 Å². The lowest BCUT2D eigenvalue weighted by Gasteiger charge is -2.20. The number of rotatable bonds is 8. The topological polar surface area (TPSA) is 84.5 Å². The molecule has 1 amide bonds. The van der Waals surface area contributed by atoms with E-state index < -0.39 is 22.0 Å². The molecule has 0 aliphatic heterocycles. The third-order valence-electron chi connectivity index (χ3n) is 4.88. The SMILES string of the molecule is CCNC(=O)c1cc(S(=O)(=O)NC(c2ccccc2)c2ccc(C)cc2)ccc1OC. The molecule has 31 heavy (non-hydrogen) atoms. The van der Waals surface area contributed by atoms with Gasteiger partial charge in [0, 0.05) is 6.54 Å². The summed E-state index contributed by atoms with van der Waals surface area (Å²) in [6.45, 7) is 4.19. The van der Waals surface area contributed by atoms with Gasteiger partial charge in [-0.25, -0.2) is 8.42 Å². The van der Waals surface area contributed by atoms with Gasteiger partial charge in [-0.2, -0.15) is 4.72 Å². The van der Waals surface area contributed by atoms with Gasteiger partial charge in [-0.15, -0.1) is 0 Å². The lowest BCUT2D eigenvalue weighted by Crippen LogP contribution is -2.30. The van der Waals surface area contributed by atoms with Crippen LogP contribution in [0, 0.1) is 6.92 Å². The summed E-state index contributed by atoms with van der Waals surface area (Å²) in [5.74, 6) is -0.0856. The minimum Gasteiger partial charge on any atom is -0.496 e. The van der Waals surface area contributed by atoms with E-state index in [0.717, 1.165) is 16.7 Å². The second-order valence-corrected chi connectivity index (χ2v) is 8.81. The summed E-state index contributed by atoms with van der Waals surface area (Å²) in [7, 11) is -2.51. The average Bonchev–Trinajstić information content (AvgIpc) is 2.78. The zero-order chi connectivity index (χ0) is 22.4. The molecule has 0 spiro atoms. The summed E-state index contributed by atoms with van der Waals surface area (Å²) in [6.07, 6.45) is 0. The van der Waals surface area contributed by atoms with Crippen molar-refractivity contribution in [3.63, 3.8) is 0 Å². The highest BCUT2D eigenvalue weighted by Crippen LogP contribution is 2.27. The molecule has 2 N–H and O–H groups in total. The first-order valence-corrected chi connectivity index (χ1v) is 11.4. The van der Waals surface area contributed by atoms with E-state index in [2.05, 4.69) is 10.0 Å². The van der Waals surface area contributed by atoms with E-state index in [1.54, 1.807) is 6.92 Å². The van der Waals surface area contributed by atoms with Crippen LogP contribution in [0.3, 0.4) is 0 Å². The first-order valence-electron chi connectivity index (χ1n) is 9.95. The number of carbonyl (C=O) groups excluding carboxylic acids is 1. The molecule has 0 radical (unpaired) electrons. The second kappa shape index (κ2) is 9.76. The smallest absolute Gasteiger partial charge is 0.255 e. The van der Waals surface area contributed by atoms with Crippen molar-refractivity contribution in [2.75, 3.05) is 13.7 Å². The minimum atomic E-state index is -3.95. The summed E-state index contributed by atoms with van der Waals surface area (Å²) in [5.41, 5.74) is 2.88. The van der Waals surface area contributed by atoms with Crippen molar-refractivity contribution in [3.8, 4) is 5.75 Å². The van der Waals surface area contributed by atoms with Crippen LogP contribution >= 0.6 is 0 Å². The molecule has 3 aromatic carbocycles. The molecule has 0 heterocycles. The largest absolute Gasteiger partial charge is 0.496 e. The first-order chi connectivity index (χ1) is 14.9. The molecule has 6 nitrogen and oxygen atoms in total. The average molecular weight is 439 g/mol. The highest BCUT2D eigenvalue weighted by molar-refractivity contribution is 7.89. The predicted molar refractivity (Wildman–Crippen MR) is 121 cm³/mol. The van der Waals surface area contributed by atoms with Gasteiger partial charge in [0.15, 0.2) is 0 Å². The van der Waals surface area contributed by atoms with Crippen LogP contribution in [0.5, 0.6) is 5.75 Å². The molecule has 7 heteroatoms. The Labute approximate surface area is 183 Å². The fourth-order valence-corrected chi connectivity index (χ4v) is 4.48. The number of amides is 1. The first kappa shape index (κ1) is 22.5. The van der Waals surface area contributed by atoms with Gasteiger partial charge in [0.05, 0.1) is 23.6 Å². The fourth-order valence-electron chi connectivity index (χ4n) is 3.24. The van der Waals surface area contributed by atoms with Gasteiger partial charge in [-0.05, 0) is 43.2 Å². The van der Waals surface area contributed by atoms with Crippen LogP contribution < -0.4 is 14.8 Å². The van der Waals surface area contributed by atoms with Crippen LogP contribution in [0.25, 0.3) is 0 Å². The Balaban J connectivity index is 2.02. The number of methoxy groups -OCH3 is 1. The zero-order valence-electron chi connectivity index (χ0n) is 17.8. The Morgan fingerprint density at radius 3 is 2.23 bits per heavy atom. The number of aryl methyl sites for hydroxylation is 1. The van der Waals surface area contributed by atoms with Crippen LogP contribution in [0.1, 0.15) is 40.0 Å². The molecule has 0 aliphatic rings. The van der Waals surface area contributed by atoms with E-state index in [9.17, 15) is 13.2 Å². The van der Waals surface area contributed by atoms with Gasteiger partial charge >= 0.3 is 0 Å². The Morgan fingerprint density at radius 1 is 0.968 bits per heavy atom. The molecular formula is C24H26N2O4S. The molecule has 0 bridgehead atoms. The van der Waals surface area contributed by atoms with Crippen LogP contribution in [0.15, 0.2) is 77.7 Å². The van der Waals surface area contributed by atoms with Crippen LogP contribution in [-0.4, -0.2) is 28.0 Å². The molecule has 3 rings (SSSR count). The molecule has 1 atom stereocenters. The summed E-state index contributed by atoms with van der Waals surface area (Å²) >= 11 is 0. The maximum Gasteiger partial charge on any atom is 0.255 e. The molecule has 0 aliphatic carbocycles. The van der Waals surface area contributed by atoms with Gasteiger partial charge in [0.2, 0.25) is 10.0 Å². The van der Waals surface area contributed by atoms with Crippen molar-refractivity contribution >= 4 is 15.9 Å². The molecule has 0 fully saturated rings. The maximum absolute atomic E-state index is 13.3. The molecule has 0 saturated heterocycles. The summed E-state index contributed by atoms with van der Waals surface area (Å²) in [4.78, 5) is 12.4. The lowest BCUT2D eigenvalue weighted by molar-refractivity contribution is 0.0952. The maximum atomic E-state index is 13.3. The second-order valence-electron chi connectivity index (χ2n) is 7.10. The fraction of sp³-hybridized carbons (Fsp3) is 0.208. The lowest BCUT2D eigenvalue weighted by atomic mass is 9.99. The highest BCUT2D eigenvalue weighted by atomic mass is 32.2. The van der Waals surface area contributed by atoms with Gasteiger partial charge in [0.1, 0.15) is 5.75 Å². The number of nitrogens with one attached hydrogen (secondary N) is 2. The summed E-state index contributed by atoms with van der Waals surface area (Å²) < 4.78 is 34.6. The van der Waals surface area contributed by atoms with Crippen molar-refractivity contribution < 1.29 is 17.9 Å². The van der Waals surface area contributed by atoms with E-state index in [1.807, 2.05) is 61.5 Å². The van der Waals surface area contributed by atoms with Crippen molar-refractivity contribution in [1.29, 1.82) is 0 Å². The molecule has 3 aromatic rings. The number of hydrogen-bond donors (Lipinski definition) is 2. The van der Waals surface area contributed by atoms with Gasteiger partial charge < -0.3 is 10.1 Å². The Bertz CT molecular complexity index is 1140. The Kier molecular flexibility index (Phi) is 7.09. The van der Waals surface area contributed by atoms with E-state index >= 15 is 0 Å². The van der Waals surface area contributed by atoms with E-state index in [0.29, 0.717) is 12.3 Å². The molecular weight excluding hydrogens is 412 g/mol. The van der Waals surface area contributed by atoms with Crippen LogP contribution in [-0.2, 0) is 10.0 Å². The van der Waals surface area contributed by atoms with Gasteiger partial charge in [-0.1, -0.05) is 60.2 Å². The third-order valence-corrected chi connectivity index (χ3v) is 6.30. The molecule has 0 saturated carbocycles. The number of hydrogen-bond acceptors (Lipinski definition) is 4. The normalized spacial score (nSPS) is 12.2. The number of benzene rings is 3. The quantitative estimate of drug-likeness (QED) is 0.560. The van der Waals surface area contributed by atoms with Crippen LogP contribution in [0.2, 0.25) is 0 Å². The summed E-state index contributed by atoms with van der Waals surface area (Å²) in [5, 5.41) is 2.68. The third kappa shape index (κ3) is 5.31. The van der Waals surface area contributed by atoms with E-state index in [1.165, 1.54) is 25.3 Å². The van der Waals surface area contributed by atoms with Crippen molar-refractivity contribution in [3.05, 3.63) is 95.1 Å². The van der Waals surface area contributed by atoms with E-state index in [-0.39, 0.29) is 10.5 Å². The zero-order valence-corrected chi connectivity index (χ0v) is 18.6. The predicted octanol–water partition coefficient (Wildman–Crippen LogP) is 3.82. The number of carbonyl (C=O) groups is 1. The van der Waals surface area contributed by atoms with Gasteiger partial charge in [-0.3, -0.25) is 4.79 Å². The van der Waals surface area contributed by atoms with Crippen LogP contribution in [0.4, 0.5) is 0 Å². The van der Waals surface area contributed by atoms with E-state index in [4.69, 9.17) is 4.74 Å². The Hall–Kier alpha value is -3.16. The highest BCUT2D eigenvalue weighted by Gasteiger charge is 2.25. The Morgan fingerprint density at radius 2 is 1.61 bits per heavy atom. The molecule has 0 aromatic heterocycles. The number of ether oxygens (including phenoxy) is 1. The summed E-state index contributed by atoms with van der Waals surface area (Å²) in [6, 6.07) is 20.7. The monoisotopic (exact) mass is 438 g/mol. The van der Waals surface area contributed by atoms with Crippen molar-refractivity contribution in [2.45, 2.75) is 24.8 Å². The standard InChI is InChI=1S/C24H26N2O4S/c1-4-25-24(27)21-16-20(14-15-22(21)30-3)31(28,29)26-23(18-8-6-5-7-9-18)19-12-10-17(2)11-13-19/h5-16,23,26H,4H2,1-3H3,(H,25,27).